The summed E-state index contributed by atoms with van der Waals surface area (Å²) in [4.78, 5) is 0. The van der Waals surface area contributed by atoms with Crippen molar-refractivity contribution in [1.82, 2.24) is 15.0 Å². The number of benzene rings is 1. The van der Waals surface area contributed by atoms with Gasteiger partial charge in [-0.15, -0.1) is 5.10 Å². The zero-order chi connectivity index (χ0) is 12.4. The van der Waals surface area contributed by atoms with Crippen molar-refractivity contribution in [2.45, 2.75) is 12.5 Å². The Morgan fingerprint density at radius 3 is 2.94 bits per heavy atom. The number of nitrogens with two attached hydrogens (primary N) is 1. The van der Waals surface area contributed by atoms with Gasteiger partial charge in [-0.25, -0.2) is 4.39 Å². The fourth-order valence-corrected chi connectivity index (χ4v) is 1.79. The third-order valence-electron chi connectivity index (χ3n) is 2.47. The van der Waals surface area contributed by atoms with E-state index in [2.05, 4.69) is 10.3 Å². The molecule has 2 rings (SSSR count). The maximum atomic E-state index is 13.2. The zero-order valence-electron chi connectivity index (χ0n) is 9.27. The molecule has 0 aliphatic carbocycles. The van der Waals surface area contributed by atoms with E-state index in [4.69, 9.17) is 17.3 Å². The topological polar surface area (TPSA) is 56.7 Å². The molecule has 0 fully saturated rings. The van der Waals surface area contributed by atoms with E-state index >= 15 is 0 Å². The van der Waals surface area contributed by atoms with Gasteiger partial charge in [0.05, 0.1) is 16.8 Å². The van der Waals surface area contributed by atoms with Gasteiger partial charge in [-0.1, -0.05) is 28.9 Å². The molecule has 2 aromatic rings. The normalized spacial score (nSPS) is 12.7. The van der Waals surface area contributed by atoms with Gasteiger partial charge in [0.1, 0.15) is 5.82 Å². The molecular formula is C11H12ClFN4. The summed E-state index contributed by atoms with van der Waals surface area (Å²) in [6.07, 6.45) is 2.16. The molecule has 0 radical (unpaired) electrons. The van der Waals surface area contributed by atoms with Crippen LogP contribution in [0.5, 0.6) is 0 Å². The smallest absolute Gasteiger partial charge is 0.142 e. The Kier molecular flexibility index (Phi) is 3.40. The lowest BCUT2D eigenvalue weighted by Crippen LogP contribution is -2.14. The maximum absolute atomic E-state index is 13.2. The summed E-state index contributed by atoms with van der Waals surface area (Å²) in [5.41, 5.74) is 7.29. The largest absolute Gasteiger partial charge is 0.322 e. The van der Waals surface area contributed by atoms with Gasteiger partial charge >= 0.3 is 0 Å². The minimum absolute atomic E-state index is 0.117. The van der Waals surface area contributed by atoms with Crippen LogP contribution >= 0.6 is 11.6 Å². The zero-order valence-corrected chi connectivity index (χ0v) is 10.0. The molecule has 4 nitrogen and oxygen atoms in total. The Morgan fingerprint density at radius 2 is 2.29 bits per heavy atom. The van der Waals surface area contributed by atoms with Crippen LogP contribution < -0.4 is 5.73 Å². The molecule has 17 heavy (non-hydrogen) atoms. The molecule has 90 valence electrons. The van der Waals surface area contributed by atoms with Crippen molar-refractivity contribution in [3.63, 3.8) is 0 Å². The minimum Gasteiger partial charge on any atom is -0.322 e. The number of aromatic nitrogens is 3. The third-order valence-corrected chi connectivity index (χ3v) is 2.89. The first-order chi connectivity index (χ1) is 8.08. The summed E-state index contributed by atoms with van der Waals surface area (Å²) < 4.78 is 14.8. The van der Waals surface area contributed by atoms with E-state index in [0.29, 0.717) is 17.7 Å². The summed E-state index contributed by atoms with van der Waals surface area (Å²) in [7, 11) is 1.76. The third kappa shape index (κ3) is 2.62. The summed E-state index contributed by atoms with van der Waals surface area (Å²) in [5, 5.41) is 7.83. The average molecular weight is 255 g/mol. The minimum atomic E-state index is -0.435. The molecule has 0 amide bonds. The number of nitrogens with zero attached hydrogens (tertiary/aromatic N) is 3. The van der Waals surface area contributed by atoms with Crippen LogP contribution in [0.3, 0.4) is 0 Å². The molecule has 0 spiro atoms. The van der Waals surface area contributed by atoms with Crippen LogP contribution in [0.25, 0.3) is 0 Å². The van der Waals surface area contributed by atoms with E-state index in [-0.39, 0.29) is 11.1 Å². The van der Waals surface area contributed by atoms with Crippen molar-refractivity contribution < 1.29 is 4.39 Å². The molecule has 1 heterocycles. The number of hydrogen-bond donors (Lipinski definition) is 1. The Labute approximate surface area is 103 Å². The lowest BCUT2D eigenvalue weighted by atomic mass is 10.0. The standard InChI is InChI=1S/C11H12ClFN4/c1-17-6-10(15-16-17)9(14)5-7-3-2-4-8(13)11(7)12/h2-4,6,9H,5,14H2,1H3. The molecule has 1 aromatic carbocycles. The van der Waals surface area contributed by atoms with Crippen molar-refractivity contribution in [2.75, 3.05) is 0 Å². The van der Waals surface area contributed by atoms with Crippen LogP contribution in [0, 0.1) is 5.82 Å². The summed E-state index contributed by atoms with van der Waals surface area (Å²) in [6.45, 7) is 0. The van der Waals surface area contributed by atoms with Gasteiger partial charge in [0.25, 0.3) is 0 Å². The molecule has 0 saturated carbocycles. The predicted molar refractivity (Wildman–Crippen MR) is 63.0 cm³/mol. The summed E-state index contributed by atoms with van der Waals surface area (Å²) in [5.74, 6) is -0.435. The molecule has 0 aliphatic heterocycles. The van der Waals surface area contributed by atoms with E-state index in [1.165, 1.54) is 6.07 Å². The van der Waals surface area contributed by atoms with Gasteiger partial charge in [-0.2, -0.15) is 0 Å². The highest BCUT2D eigenvalue weighted by Crippen LogP contribution is 2.23. The highest BCUT2D eigenvalue weighted by atomic mass is 35.5. The lowest BCUT2D eigenvalue weighted by Gasteiger charge is -2.09. The Bertz CT molecular complexity index is 526. The molecule has 6 heteroatoms. The number of aryl methyl sites for hydroxylation is 1. The highest BCUT2D eigenvalue weighted by Gasteiger charge is 2.14. The van der Waals surface area contributed by atoms with Gasteiger partial charge in [-0.3, -0.25) is 4.68 Å². The molecule has 0 bridgehead atoms. The number of rotatable bonds is 3. The maximum Gasteiger partial charge on any atom is 0.142 e. The molecule has 1 unspecified atom stereocenters. The quantitative estimate of drug-likeness (QED) is 0.910. The van der Waals surface area contributed by atoms with Gasteiger partial charge in [0, 0.05) is 13.2 Å². The van der Waals surface area contributed by atoms with Crippen LogP contribution in [0.15, 0.2) is 24.4 Å². The monoisotopic (exact) mass is 254 g/mol. The lowest BCUT2D eigenvalue weighted by molar-refractivity contribution is 0.621. The van der Waals surface area contributed by atoms with Gasteiger partial charge in [-0.05, 0) is 18.1 Å². The van der Waals surface area contributed by atoms with Gasteiger partial charge in [0.2, 0.25) is 0 Å². The number of halogens is 2. The van der Waals surface area contributed by atoms with Crippen molar-refractivity contribution >= 4 is 11.6 Å². The second kappa shape index (κ2) is 4.81. The average Bonchev–Trinajstić information content (AvgIpc) is 2.72. The fourth-order valence-electron chi connectivity index (χ4n) is 1.58. The van der Waals surface area contributed by atoms with E-state index < -0.39 is 5.82 Å². The first-order valence-corrected chi connectivity index (χ1v) is 5.50. The van der Waals surface area contributed by atoms with E-state index in [0.717, 1.165) is 0 Å². The second-order valence-corrected chi connectivity index (χ2v) is 4.22. The van der Waals surface area contributed by atoms with Crippen LogP contribution in [0.1, 0.15) is 17.3 Å². The number of hydrogen-bond acceptors (Lipinski definition) is 3. The SMILES string of the molecule is Cn1cc(C(N)Cc2cccc(F)c2Cl)nn1. The van der Waals surface area contributed by atoms with Crippen molar-refractivity contribution in [2.24, 2.45) is 12.8 Å². The molecule has 2 N–H and O–H groups in total. The summed E-state index contributed by atoms with van der Waals surface area (Å²) in [6, 6.07) is 4.34. The Morgan fingerprint density at radius 1 is 1.53 bits per heavy atom. The van der Waals surface area contributed by atoms with E-state index in [1.807, 2.05) is 0 Å². The van der Waals surface area contributed by atoms with E-state index in [9.17, 15) is 4.39 Å². The van der Waals surface area contributed by atoms with Gasteiger partial charge in [0.15, 0.2) is 0 Å². The highest BCUT2D eigenvalue weighted by molar-refractivity contribution is 6.31. The van der Waals surface area contributed by atoms with E-state index in [1.54, 1.807) is 30.1 Å². The molecular weight excluding hydrogens is 243 g/mol. The van der Waals surface area contributed by atoms with Crippen LogP contribution in [0.2, 0.25) is 5.02 Å². The molecule has 0 aliphatic rings. The fraction of sp³-hybridized carbons (Fsp3) is 0.273. The van der Waals surface area contributed by atoms with Crippen molar-refractivity contribution in [3.05, 3.63) is 46.5 Å². The van der Waals surface area contributed by atoms with Gasteiger partial charge < -0.3 is 5.73 Å². The van der Waals surface area contributed by atoms with Crippen LogP contribution in [0.4, 0.5) is 4.39 Å². The first-order valence-electron chi connectivity index (χ1n) is 5.12. The molecule has 0 saturated heterocycles. The van der Waals surface area contributed by atoms with Crippen molar-refractivity contribution in [1.29, 1.82) is 0 Å². The Balaban J connectivity index is 2.18. The first kappa shape index (κ1) is 12.0. The molecule has 1 aromatic heterocycles. The second-order valence-electron chi connectivity index (χ2n) is 3.84. The van der Waals surface area contributed by atoms with Crippen LogP contribution in [-0.4, -0.2) is 15.0 Å². The molecule has 1 atom stereocenters. The predicted octanol–water partition coefficient (Wildman–Crippen LogP) is 1.85. The Hall–Kier alpha value is -1.46. The summed E-state index contributed by atoms with van der Waals surface area (Å²) >= 11 is 5.86. The van der Waals surface area contributed by atoms with Crippen LogP contribution in [-0.2, 0) is 13.5 Å². The van der Waals surface area contributed by atoms with Crippen molar-refractivity contribution in [3.8, 4) is 0 Å².